The number of carbonyl (C=O) groups is 2. The van der Waals surface area contributed by atoms with Crippen LogP contribution >= 0.6 is 27.3 Å². The van der Waals surface area contributed by atoms with Crippen molar-refractivity contribution in [2.24, 2.45) is 0 Å². The Morgan fingerprint density at radius 3 is 2.42 bits per heavy atom. The van der Waals surface area contributed by atoms with E-state index in [1.54, 1.807) is 30.3 Å². The number of anilines is 1. The number of hydrogen-bond donors (Lipinski definition) is 1. The standard InChI is InChI=1S/C16H16BrNO5S/c1-9(23-16(20)13-6-7-14(17)24-13)15(19)18-10-4-5-11(21-2)12(8-10)22-3/h4-9H,1-3H3,(H,18,19). The monoisotopic (exact) mass is 413 g/mol. The van der Waals surface area contributed by atoms with E-state index in [2.05, 4.69) is 21.2 Å². The molecule has 6 nitrogen and oxygen atoms in total. The first-order valence-electron chi connectivity index (χ1n) is 6.93. The van der Waals surface area contributed by atoms with Gasteiger partial charge in [-0.15, -0.1) is 11.3 Å². The molecule has 1 atom stereocenters. The SMILES string of the molecule is COc1ccc(NC(=O)C(C)OC(=O)c2ccc(Br)s2)cc1OC. The van der Waals surface area contributed by atoms with Crippen molar-refractivity contribution < 1.29 is 23.8 Å². The molecule has 1 aromatic heterocycles. The molecule has 0 aliphatic heterocycles. The molecule has 1 N–H and O–H groups in total. The highest BCUT2D eigenvalue weighted by molar-refractivity contribution is 9.11. The van der Waals surface area contributed by atoms with E-state index in [0.717, 1.165) is 3.79 Å². The first kappa shape index (κ1) is 18.3. The number of nitrogens with one attached hydrogen (secondary N) is 1. The molecule has 0 spiro atoms. The van der Waals surface area contributed by atoms with Crippen LogP contribution in [-0.2, 0) is 9.53 Å². The normalized spacial score (nSPS) is 11.5. The first-order chi connectivity index (χ1) is 11.4. The second kappa shape index (κ2) is 8.16. The van der Waals surface area contributed by atoms with E-state index in [4.69, 9.17) is 14.2 Å². The lowest BCUT2D eigenvalue weighted by Crippen LogP contribution is -2.29. The van der Waals surface area contributed by atoms with Crippen molar-refractivity contribution in [1.82, 2.24) is 0 Å². The van der Waals surface area contributed by atoms with Gasteiger partial charge in [-0.25, -0.2) is 4.79 Å². The molecule has 2 rings (SSSR count). The summed E-state index contributed by atoms with van der Waals surface area (Å²) in [6, 6.07) is 8.35. The largest absolute Gasteiger partial charge is 0.493 e. The zero-order valence-electron chi connectivity index (χ0n) is 13.3. The number of benzene rings is 1. The van der Waals surface area contributed by atoms with Gasteiger partial charge in [-0.3, -0.25) is 4.79 Å². The quantitative estimate of drug-likeness (QED) is 0.730. The summed E-state index contributed by atoms with van der Waals surface area (Å²) in [5, 5.41) is 2.67. The van der Waals surface area contributed by atoms with Crippen LogP contribution < -0.4 is 14.8 Å². The summed E-state index contributed by atoms with van der Waals surface area (Å²) < 4.78 is 16.3. The van der Waals surface area contributed by atoms with Crippen LogP contribution in [0.2, 0.25) is 0 Å². The van der Waals surface area contributed by atoms with Crippen LogP contribution in [0.4, 0.5) is 5.69 Å². The van der Waals surface area contributed by atoms with Crippen LogP contribution in [-0.4, -0.2) is 32.2 Å². The average molecular weight is 414 g/mol. The summed E-state index contributed by atoms with van der Waals surface area (Å²) in [5.74, 6) is 0.0634. The molecular formula is C16H16BrNO5S. The number of amides is 1. The summed E-state index contributed by atoms with van der Waals surface area (Å²) in [5.41, 5.74) is 0.513. The molecule has 0 saturated heterocycles. The van der Waals surface area contributed by atoms with Gasteiger partial charge < -0.3 is 19.5 Å². The highest BCUT2D eigenvalue weighted by atomic mass is 79.9. The van der Waals surface area contributed by atoms with Gasteiger partial charge in [0.25, 0.3) is 5.91 Å². The van der Waals surface area contributed by atoms with Crippen molar-refractivity contribution in [1.29, 1.82) is 0 Å². The zero-order valence-corrected chi connectivity index (χ0v) is 15.7. The number of methoxy groups -OCH3 is 2. The number of hydrogen-bond acceptors (Lipinski definition) is 6. The van der Waals surface area contributed by atoms with E-state index in [9.17, 15) is 9.59 Å². The fraction of sp³-hybridized carbons (Fsp3) is 0.250. The van der Waals surface area contributed by atoms with Crippen molar-refractivity contribution in [3.63, 3.8) is 0 Å². The Bertz CT molecular complexity index is 746. The molecule has 0 saturated carbocycles. The molecule has 0 radical (unpaired) electrons. The van der Waals surface area contributed by atoms with Crippen molar-refractivity contribution in [3.05, 3.63) is 39.0 Å². The van der Waals surface area contributed by atoms with E-state index in [0.29, 0.717) is 22.1 Å². The second-order valence-corrected chi connectivity index (χ2v) is 7.17. The summed E-state index contributed by atoms with van der Waals surface area (Å²) >= 11 is 4.52. The van der Waals surface area contributed by atoms with Gasteiger partial charge in [-0.1, -0.05) is 0 Å². The van der Waals surface area contributed by atoms with Gasteiger partial charge in [-0.05, 0) is 47.1 Å². The third-order valence-electron chi connectivity index (χ3n) is 3.08. The number of rotatable bonds is 6. The lowest BCUT2D eigenvalue weighted by atomic mass is 10.2. The molecule has 0 aliphatic rings. The molecule has 0 bridgehead atoms. The lowest BCUT2D eigenvalue weighted by Gasteiger charge is -2.14. The van der Waals surface area contributed by atoms with E-state index < -0.39 is 18.0 Å². The van der Waals surface area contributed by atoms with Crippen molar-refractivity contribution >= 4 is 44.8 Å². The molecule has 1 heterocycles. The minimum absolute atomic E-state index is 0.424. The van der Waals surface area contributed by atoms with E-state index in [1.807, 2.05) is 0 Å². The minimum Gasteiger partial charge on any atom is -0.493 e. The highest BCUT2D eigenvalue weighted by Gasteiger charge is 2.20. The van der Waals surface area contributed by atoms with E-state index in [-0.39, 0.29) is 0 Å². The first-order valence-corrected chi connectivity index (χ1v) is 8.54. The van der Waals surface area contributed by atoms with Gasteiger partial charge in [0.15, 0.2) is 17.6 Å². The van der Waals surface area contributed by atoms with Gasteiger partial charge in [0.2, 0.25) is 0 Å². The zero-order chi connectivity index (χ0) is 17.7. The average Bonchev–Trinajstić information content (AvgIpc) is 3.01. The minimum atomic E-state index is -0.938. The third kappa shape index (κ3) is 4.48. The summed E-state index contributed by atoms with van der Waals surface area (Å²) in [4.78, 5) is 24.6. The Balaban J connectivity index is 2.00. The summed E-state index contributed by atoms with van der Waals surface area (Å²) in [6.45, 7) is 1.51. The summed E-state index contributed by atoms with van der Waals surface area (Å²) in [7, 11) is 3.04. The van der Waals surface area contributed by atoms with Crippen LogP contribution in [0, 0.1) is 0 Å². The predicted octanol–water partition coefficient (Wildman–Crippen LogP) is 3.71. The maximum absolute atomic E-state index is 12.2. The van der Waals surface area contributed by atoms with E-state index >= 15 is 0 Å². The fourth-order valence-corrected chi connectivity index (χ4v) is 3.12. The maximum Gasteiger partial charge on any atom is 0.349 e. The Morgan fingerprint density at radius 2 is 1.83 bits per heavy atom. The number of thiophene rings is 1. The Hall–Kier alpha value is -2.06. The smallest absolute Gasteiger partial charge is 0.349 e. The van der Waals surface area contributed by atoms with Crippen molar-refractivity contribution in [2.75, 3.05) is 19.5 Å². The molecule has 24 heavy (non-hydrogen) atoms. The molecule has 128 valence electrons. The Morgan fingerprint density at radius 1 is 1.12 bits per heavy atom. The van der Waals surface area contributed by atoms with Gasteiger partial charge in [-0.2, -0.15) is 0 Å². The van der Waals surface area contributed by atoms with E-state index in [1.165, 1.54) is 32.5 Å². The van der Waals surface area contributed by atoms with Crippen LogP contribution in [0.3, 0.4) is 0 Å². The molecule has 1 aromatic carbocycles. The lowest BCUT2D eigenvalue weighted by molar-refractivity contribution is -0.123. The van der Waals surface area contributed by atoms with Crippen LogP contribution in [0.5, 0.6) is 11.5 Å². The van der Waals surface area contributed by atoms with Gasteiger partial charge in [0.05, 0.1) is 18.0 Å². The topological polar surface area (TPSA) is 73.9 Å². The second-order valence-electron chi connectivity index (χ2n) is 4.71. The predicted molar refractivity (Wildman–Crippen MR) is 95.1 cm³/mol. The molecular weight excluding hydrogens is 398 g/mol. The van der Waals surface area contributed by atoms with Crippen LogP contribution in [0.25, 0.3) is 0 Å². The van der Waals surface area contributed by atoms with Crippen LogP contribution in [0.1, 0.15) is 16.6 Å². The number of halogens is 1. The molecule has 0 fully saturated rings. The van der Waals surface area contributed by atoms with Gasteiger partial charge in [0, 0.05) is 11.8 Å². The Labute approximate surface area is 151 Å². The number of ether oxygens (including phenoxy) is 3. The Kier molecular flexibility index (Phi) is 6.22. The summed E-state index contributed by atoms with van der Waals surface area (Å²) in [6.07, 6.45) is -0.938. The van der Waals surface area contributed by atoms with Gasteiger partial charge in [0.1, 0.15) is 4.88 Å². The van der Waals surface area contributed by atoms with Crippen LogP contribution in [0.15, 0.2) is 34.1 Å². The maximum atomic E-state index is 12.2. The fourth-order valence-electron chi connectivity index (χ4n) is 1.85. The molecule has 1 amide bonds. The van der Waals surface area contributed by atoms with Gasteiger partial charge >= 0.3 is 5.97 Å². The molecule has 0 aliphatic carbocycles. The third-order valence-corrected chi connectivity index (χ3v) is 4.68. The highest BCUT2D eigenvalue weighted by Crippen LogP contribution is 2.30. The van der Waals surface area contributed by atoms with Crippen molar-refractivity contribution in [2.45, 2.75) is 13.0 Å². The van der Waals surface area contributed by atoms with Crippen molar-refractivity contribution in [3.8, 4) is 11.5 Å². The molecule has 1 unspecified atom stereocenters. The number of esters is 1. The number of carbonyl (C=O) groups excluding carboxylic acids is 2. The molecule has 8 heteroatoms. The molecule has 2 aromatic rings.